The molecule has 0 bridgehead atoms. The molecule has 0 aliphatic rings. The van der Waals surface area contributed by atoms with Crippen molar-refractivity contribution >= 4 is 21.8 Å². The van der Waals surface area contributed by atoms with Gasteiger partial charge in [0.25, 0.3) is 5.91 Å². The van der Waals surface area contributed by atoms with Gasteiger partial charge in [-0.25, -0.2) is 4.39 Å². The van der Waals surface area contributed by atoms with Crippen LogP contribution < -0.4 is 0 Å². The van der Waals surface area contributed by atoms with Gasteiger partial charge < -0.3 is 9.80 Å². The van der Waals surface area contributed by atoms with Crippen LogP contribution in [-0.4, -0.2) is 48.4 Å². The standard InChI is InChI=1S/C16H24BrFN2O/c1-4-19(5-2)11-8-12-20(6-3)16(21)13-9-7-10-14(17)15(13)18/h7,9-10H,4-6,8,11-12H2,1-3H3. The largest absolute Gasteiger partial charge is 0.339 e. The van der Waals surface area contributed by atoms with Crippen LogP contribution in [0.1, 0.15) is 37.6 Å². The maximum Gasteiger partial charge on any atom is 0.256 e. The molecule has 0 atom stereocenters. The van der Waals surface area contributed by atoms with Crippen molar-refractivity contribution in [3.8, 4) is 0 Å². The Hall–Kier alpha value is -0.940. The minimum atomic E-state index is -0.482. The van der Waals surface area contributed by atoms with E-state index in [0.29, 0.717) is 17.6 Å². The number of benzene rings is 1. The molecule has 1 aromatic carbocycles. The third-order valence-electron chi connectivity index (χ3n) is 3.65. The van der Waals surface area contributed by atoms with E-state index in [1.54, 1.807) is 17.0 Å². The summed E-state index contributed by atoms with van der Waals surface area (Å²) in [5.74, 6) is -0.722. The van der Waals surface area contributed by atoms with Crippen LogP contribution in [-0.2, 0) is 0 Å². The van der Waals surface area contributed by atoms with Gasteiger partial charge in [-0.15, -0.1) is 0 Å². The summed E-state index contributed by atoms with van der Waals surface area (Å²) in [5.41, 5.74) is 0.133. The van der Waals surface area contributed by atoms with Crippen LogP contribution in [0.5, 0.6) is 0 Å². The minimum absolute atomic E-state index is 0.133. The lowest BCUT2D eigenvalue weighted by Gasteiger charge is -2.24. The van der Waals surface area contributed by atoms with Gasteiger partial charge in [0.05, 0.1) is 10.0 Å². The SMILES string of the molecule is CCN(CC)CCCN(CC)C(=O)c1cccc(Br)c1F. The molecular formula is C16H24BrFN2O. The summed E-state index contributed by atoms with van der Waals surface area (Å²) in [7, 11) is 0. The average Bonchev–Trinajstić information content (AvgIpc) is 2.50. The zero-order valence-corrected chi connectivity index (χ0v) is 14.6. The van der Waals surface area contributed by atoms with Gasteiger partial charge in [0, 0.05) is 13.1 Å². The number of hydrogen-bond acceptors (Lipinski definition) is 2. The Morgan fingerprint density at radius 3 is 2.38 bits per heavy atom. The van der Waals surface area contributed by atoms with E-state index in [-0.39, 0.29) is 11.5 Å². The van der Waals surface area contributed by atoms with Crippen LogP contribution in [0.15, 0.2) is 22.7 Å². The van der Waals surface area contributed by atoms with Crippen molar-refractivity contribution in [2.75, 3.05) is 32.7 Å². The number of halogens is 2. The fourth-order valence-electron chi connectivity index (χ4n) is 2.27. The zero-order valence-electron chi connectivity index (χ0n) is 13.0. The number of amides is 1. The molecule has 118 valence electrons. The summed E-state index contributed by atoms with van der Waals surface area (Å²) >= 11 is 3.12. The quantitative estimate of drug-likeness (QED) is 0.705. The Labute approximate surface area is 135 Å². The molecule has 1 amide bonds. The van der Waals surface area contributed by atoms with Crippen LogP contribution in [0.2, 0.25) is 0 Å². The zero-order chi connectivity index (χ0) is 15.8. The van der Waals surface area contributed by atoms with Crippen molar-refractivity contribution < 1.29 is 9.18 Å². The first kappa shape index (κ1) is 18.1. The van der Waals surface area contributed by atoms with E-state index >= 15 is 0 Å². The van der Waals surface area contributed by atoms with Gasteiger partial charge in [0.15, 0.2) is 0 Å². The molecule has 0 aromatic heterocycles. The van der Waals surface area contributed by atoms with Gasteiger partial charge in [-0.1, -0.05) is 19.9 Å². The molecule has 0 fully saturated rings. The van der Waals surface area contributed by atoms with Crippen LogP contribution in [0, 0.1) is 5.82 Å². The number of nitrogens with zero attached hydrogens (tertiary/aromatic N) is 2. The Morgan fingerprint density at radius 1 is 1.14 bits per heavy atom. The lowest BCUT2D eigenvalue weighted by molar-refractivity contribution is 0.0752. The number of carbonyl (C=O) groups excluding carboxylic acids is 1. The van der Waals surface area contributed by atoms with E-state index in [2.05, 4.69) is 34.7 Å². The van der Waals surface area contributed by atoms with E-state index in [9.17, 15) is 9.18 Å². The fourth-order valence-corrected chi connectivity index (χ4v) is 2.63. The first-order valence-electron chi connectivity index (χ1n) is 7.50. The van der Waals surface area contributed by atoms with Gasteiger partial charge in [0.2, 0.25) is 0 Å². The Kier molecular flexibility index (Phi) is 7.89. The average molecular weight is 359 g/mol. The second-order valence-electron chi connectivity index (χ2n) is 4.87. The van der Waals surface area contributed by atoms with Gasteiger partial charge in [-0.3, -0.25) is 4.79 Å². The summed E-state index contributed by atoms with van der Waals surface area (Å²) in [6.07, 6.45) is 0.900. The van der Waals surface area contributed by atoms with Crippen LogP contribution in [0.25, 0.3) is 0 Å². The second kappa shape index (κ2) is 9.15. The second-order valence-corrected chi connectivity index (χ2v) is 5.72. The topological polar surface area (TPSA) is 23.6 Å². The molecule has 0 saturated carbocycles. The molecule has 0 aliphatic heterocycles. The Bertz CT molecular complexity index is 464. The molecular weight excluding hydrogens is 335 g/mol. The highest BCUT2D eigenvalue weighted by atomic mass is 79.9. The molecule has 3 nitrogen and oxygen atoms in total. The monoisotopic (exact) mass is 358 g/mol. The van der Waals surface area contributed by atoms with Crippen molar-refractivity contribution in [2.24, 2.45) is 0 Å². The molecule has 1 aromatic rings. The van der Waals surface area contributed by atoms with Crippen molar-refractivity contribution in [3.63, 3.8) is 0 Å². The molecule has 21 heavy (non-hydrogen) atoms. The van der Waals surface area contributed by atoms with Crippen molar-refractivity contribution in [1.82, 2.24) is 9.80 Å². The summed E-state index contributed by atoms with van der Waals surface area (Å²) in [6, 6.07) is 4.82. The van der Waals surface area contributed by atoms with E-state index in [0.717, 1.165) is 26.1 Å². The van der Waals surface area contributed by atoms with Crippen LogP contribution in [0.4, 0.5) is 4.39 Å². The van der Waals surface area contributed by atoms with Gasteiger partial charge >= 0.3 is 0 Å². The van der Waals surface area contributed by atoms with Gasteiger partial charge in [-0.2, -0.15) is 0 Å². The van der Waals surface area contributed by atoms with Crippen LogP contribution in [0.3, 0.4) is 0 Å². The van der Waals surface area contributed by atoms with Crippen molar-refractivity contribution in [2.45, 2.75) is 27.2 Å². The summed E-state index contributed by atoms with van der Waals surface area (Å²) in [4.78, 5) is 16.4. The molecule has 0 spiro atoms. The van der Waals surface area contributed by atoms with Crippen molar-refractivity contribution in [3.05, 3.63) is 34.1 Å². The minimum Gasteiger partial charge on any atom is -0.339 e. The molecule has 0 unspecified atom stereocenters. The molecule has 0 radical (unpaired) electrons. The summed E-state index contributed by atoms with van der Waals surface area (Å²) in [6.45, 7) is 10.4. The highest BCUT2D eigenvalue weighted by Crippen LogP contribution is 2.20. The van der Waals surface area contributed by atoms with E-state index < -0.39 is 5.82 Å². The third-order valence-corrected chi connectivity index (χ3v) is 4.26. The van der Waals surface area contributed by atoms with E-state index in [1.165, 1.54) is 6.07 Å². The highest BCUT2D eigenvalue weighted by Gasteiger charge is 2.19. The number of carbonyl (C=O) groups is 1. The maximum absolute atomic E-state index is 14.0. The Balaban J connectivity index is 2.67. The molecule has 1 rings (SSSR count). The molecule has 0 N–H and O–H groups in total. The van der Waals surface area contributed by atoms with E-state index in [1.807, 2.05) is 6.92 Å². The lowest BCUT2D eigenvalue weighted by atomic mass is 10.1. The summed E-state index contributed by atoms with van der Waals surface area (Å²) < 4.78 is 14.3. The number of rotatable bonds is 8. The third kappa shape index (κ3) is 5.08. The summed E-state index contributed by atoms with van der Waals surface area (Å²) in [5, 5.41) is 0. The highest BCUT2D eigenvalue weighted by molar-refractivity contribution is 9.10. The van der Waals surface area contributed by atoms with Gasteiger partial charge in [0.1, 0.15) is 5.82 Å². The molecule has 0 heterocycles. The normalized spacial score (nSPS) is 11.0. The van der Waals surface area contributed by atoms with Crippen molar-refractivity contribution in [1.29, 1.82) is 0 Å². The molecule has 0 saturated heterocycles. The fraction of sp³-hybridized carbons (Fsp3) is 0.562. The predicted molar refractivity (Wildman–Crippen MR) is 88.1 cm³/mol. The maximum atomic E-state index is 14.0. The van der Waals surface area contributed by atoms with Gasteiger partial charge in [-0.05, 0) is 61.0 Å². The van der Waals surface area contributed by atoms with E-state index in [4.69, 9.17) is 0 Å². The molecule has 0 aliphatic carbocycles. The molecule has 5 heteroatoms. The number of hydrogen-bond donors (Lipinski definition) is 0. The first-order chi connectivity index (χ1) is 10.0. The Morgan fingerprint density at radius 2 is 1.81 bits per heavy atom. The lowest BCUT2D eigenvalue weighted by Crippen LogP contribution is -2.34. The van der Waals surface area contributed by atoms with Crippen LogP contribution >= 0.6 is 15.9 Å². The first-order valence-corrected chi connectivity index (χ1v) is 8.30. The predicted octanol–water partition coefficient (Wildman–Crippen LogP) is 3.78. The smallest absolute Gasteiger partial charge is 0.256 e.